The van der Waals surface area contributed by atoms with Crippen LogP contribution in [0.25, 0.3) is 0 Å². The molecule has 1 N–H and O–H groups in total. The first-order valence-corrected chi connectivity index (χ1v) is 9.16. The minimum atomic E-state index is -3.43. The number of anilines is 1. The van der Waals surface area contributed by atoms with E-state index in [2.05, 4.69) is 21.2 Å². The van der Waals surface area contributed by atoms with Crippen molar-refractivity contribution in [1.29, 1.82) is 0 Å². The average molecular weight is 379 g/mol. The second-order valence-corrected chi connectivity index (χ2v) is 7.79. The number of hydrogen-bond acceptors (Lipinski definition) is 3. The maximum absolute atomic E-state index is 13.0. The van der Waals surface area contributed by atoms with E-state index in [1.165, 1.54) is 22.5 Å². The van der Waals surface area contributed by atoms with Gasteiger partial charge in [-0.3, -0.25) is 4.79 Å². The quantitative estimate of drug-likeness (QED) is 0.877. The largest absolute Gasteiger partial charge is 0.324 e. The molecular formula is C13H16BrFN2O3S. The van der Waals surface area contributed by atoms with Crippen LogP contribution in [-0.2, 0) is 14.8 Å². The van der Waals surface area contributed by atoms with Crippen LogP contribution in [0.5, 0.6) is 0 Å². The van der Waals surface area contributed by atoms with Crippen LogP contribution in [-0.4, -0.2) is 37.5 Å². The SMILES string of the molecule is CS(=O)(=O)N1CCCCC1C(=O)Nc1ccc(F)cc1Br. The van der Waals surface area contributed by atoms with Crippen molar-refractivity contribution in [2.24, 2.45) is 0 Å². The molecule has 1 heterocycles. The van der Waals surface area contributed by atoms with E-state index >= 15 is 0 Å². The van der Waals surface area contributed by atoms with Gasteiger partial charge in [0, 0.05) is 11.0 Å². The Morgan fingerprint density at radius 3 is 2.76 bits per heavy atom. The van der Waals surface area contributed by atoms with Crippen molar-refractivity contribution in [1.82, 2.24) is 4.31 Å². The summed E-state index contributed by atoms with van der Waals surface area (Å²) in [6.07, 6.45) is 3.13. The molecule has 1 aliphatic heterocycles. The van der Waals surface area contributed by atoms with E-state index < -0.39 is 27.8 Å². The molecule has 0 bridgehead atoms. The lowest BCUT2D eigenvalue weighted by Gasteiger charge is -2.32. The number of sulfonamides is 1. The third-order valence-corrected chi connectivity index (χ3v) is 5.32. The van der Waals surface area contributed by atoms with Gasteiger partial charge < -0.3 is 5.32 Å². The standard InChI is InChI=1S/C13H16BrFN2O3S/c1-21(19,20)17-7-3-2-4-12(17)13(18)16-11-6-5-9(15)8-10(11)14/h5-6,8,12H,2-4,7H2,1H3,(H,16,18). The van der Waals surface area contributed by atoms with Crippen LogP contribution in [0.15, 0.2) is 22.7 Å². The number of carbonyl (C=O) groups excluding carboxylic acids is 1. The Balaban J connectivity index is 2.18. The summed E-state index contributed by atoms with van der Waals surface area (Å²) in [5.74, 6) is -0.817. The maximum atomic E-state index is 13.0. The maximum Gasteiger partial charge on any atom is 0.242 e. The van der Waals surface area contributed by atoms with Crippen LogP contribution in [0.4, 0.5) is 10.1 Å². The fourth-order valence-corrected chi connectivity index (χ4v) is 3.95. The van der Waals surface area contributed by atoms with Gasteiger partial charge in [0.2, 0.25) is 15.9 Å². The molecule has 0 saturated carbocycles. The van der Waals surface area contributed by atoms with Gasteiger partial charge >= 0.3 is 0 Å². The average Bonchev–Trinajstić information content (AvgIpc) is 2.41. The van der Waals surface area contributed by atoms with Crippen molar-refractivity contribution in [2.45, 2.75) is 25.3 Å². The summed E-state index contributed by atoms with van der Waals surface area (Å²) >= 11 is 3.17. The summed E-state index contributed by atoms with van der Waals surface area (Å²) in [5.41, 5.74) is 0.417. The van der Waals surface area contributed by atoms with E-state index in [9.17, 15) is 17.6 Å². The predicted molar refractivity (Wildman–Crippen MR) is 81.9 cm³/mol. The molecule has 1 aromatic carbocycles. The molecule has 1 amide bonds. The zero-order chi connectivity index (χ0) is 15.6. The summed E-state index contributed by atoms with van der Waals surface area (Å²) in [6, 6.07) is 3.19. The minimum Gasteiger partial charge on any atom is -0.324 e. The number of hydrogen-bond donors (Lipinski definition) is 1. The first kappa shape index (κ1) is 16.4. The molecule has 5 nitrogen and oxygen atoms in total. The molecule has 1 atom stereocenters. The molecule has 1 aromatic rings. The topological polar surface area (TPSA) is 66.5 Å². The molecule has 1 saturated heterocycles. The van der Waals surface area contributed by atoms with E-state index in [1.54, 1.807) is 0 Å². The third kappa shape index (κ3) is 4.02. The van der Waals surface area contributed by atoms with Crippen molar-refractivity contribution < 1.29 is 17.6 Å². The lowest BCUT2D eigenvalue weighted by Crippen LogP contribution is -2.49. The zero-order valence-electron chi connectivity index (χ0n) is 11.5. The highest BCUT2D eigenvalue weighted by Crippen LogP contribution is 2.25. The van der Waals surface area contributed by atoms with E-state index in [0.29, 0.717) is 23.1 Å². The molecule has 1 aliphatic rings. The fraction of sp³-hybridized carbons (Fsp3) is 0.462. The third-order valence-electron chi connectivity index (χ3n) is 3.37. The molecule has 2 rings (SSSR count). The molecular weight excluding hydrogens is 363 g/mol. The lowest BCUT2D eigenvalue weighted by atomic mass is 10.0. The molecule has 0 radical (unpaired) electrons. The smallest absolute Gasteiger partial charge is 0.242 e. The molecule has 0 spiro atoms. The Morgan fingerprint density at radius 1 is 1.43 bits per heavy atom. The van der Waals surface area contributed by atoms with Gasteiger partial charge in [-0.1, -0.05) is 6.42 Å². The molecule has 1 fully saturated rings. The summed E-state index contributed by atoms with van der Waals surface area (Å²) in [7, 11) is -3.43. The Kier molecular flexibility index (Phi) is 5.00. The van der Waals surface area contributed by atoms with Crippen molar-refractivity contribution in [3.05, 3.63) is 28.5 Å². The van der Waals surface area contributed by atoms with Gasteiger partial charge in [-0.15, -0.1) is 0 Å². The molecule has 21 heavy (non-hydrogen) atoms. The van der Waals surface area contributed by atoms with Gasteiger partial charge in [0.15, 0.2) is 0 Å². The first-order chi connectivity index (χ1) is 9.79. The van der Waals surface area contributed by atoms with Crippen LogP contribution in [0, 0.1) is 5.82 Å². The predicted octanol–water partition coefficient (Wildman–Crippen LogP) is 2.34. The van der Waals surface area contributed by atoms with Gasteiger partial charge in [-0.2, -0.15) is 4.31 Å². The highest BCUT2D eigenvalue weighted by molar-refractivity contribution is 9.10. The van der Waals surface area contributed by atoms with Gasteiger partial charge in [-0.05, 0) is 47.0 Å². The molecule has 0 aliphatic carbocycles. The lowest BCUT2D eigenvalue weighted by molar-refractivity contribution is -0.120. The van der Waals surface area contributed by atoms with E-state index in [-0.39, 0.29) is 0 Å². The molecule has 0 aromatic heterocycles. The number of nitrogens with one attached hydrogen (secondary N) is 1. The van der Waals surface area contributed by atoms with Crippen LogP contribution in [0.1, 0.15) is 19.3 Å². The number of piperidine rings is 1. The van der Waals surface area contributed by atoms with Crippen molar-refractivity contribution in [3.63, 3.8) is 0 Å². The van der Waals surface area contributed by atoms with Crippen LogP contribution in [0.2, 0.25) is 0 Å². The van der Waals surface area contributed by atoms with Crippen LogP contribution < -0.4 is 5.32 Å². The first-order valence-electron chi connectivity index (χ1n) is 6.52. The molecule has 8 heteroatoms. The van der Waals surface area contributed by atoms with Gasteiger partial charge in [-0.25, -0.2) is 12.8 Å². The number of benzene rings is 1. The Hall–Kier alpha value is -0.990. The highest BCUT2D eigenvalue weighted by Gasteiger charge is 2.34. The monoisotopic (exact) mass is 378 g/mol. The summed E-state index contributed by atoms with van der Waals surface area (Å²) in [6.45, 7) is 0.349. The van der Waals surface area contributed by atoms with Gasteiger partial charge in [0.25, 0.3) is 0 Å². The summed E-state index contributed by atoms with van der Waals surface area (Å²) in [5, 5.41) is 2.65. The number of amides is 1. The Bertz CT molecular complexity index is 651. The Labute approximate surface area is 131 Å². The van der Waals surface area contributed by atoms with Crippen molar-refractivity contribution >= 4 is 37.5 Å². The second-order valence-electron chi connectivity index (χ2n) is 5.00. The van der Waals surface area contributed by atoms with E-state index in [4.69, 9.17) is 0 Å². The van der Waals surface area contributed by atoms with Crippen LogP contribution in [0.3, 0.4) is 0 Å². The van der Waals surface area contributed by atoms with Crippen molar-refractivity contribution in [3.8, 4) is 0 Å². The fourth-order valence-electron chi connectivity index (χ4n) is 2.37. The van der Waals surface area contributed by atoms with Crippen LogP contribution >= 0.6 is 15.9 Å². The normalized spacial score (nSPS) is 20.2. The van der Waals surface area contributed by atoms with Crippen molar-refractivity contribution in [2.75, 3.05) is 18.1 Å². The second kappa shape index (κ2) is 6.41. The number of carbonyl (C=O) groups is 1. The summed E-state index contributed by atoms with van der Waals surface area (Å²) in [4.78, 5) is 12.3. The zero-order valence-corrected chi connectivity index (χ0v) is 13.9. The van der Waals surface area contributed by atoms with Gasteiger partial charge in [0.1, 0.15) is 11.9 Å². The summed E-state index contributed by atoms with van der Waals surface area (Å²) < 4.78 is 38.2. The molecule has 116 valence electrons. The highest BCUT2D eigenvalue weighted by atomic mass is 79.9. The number of halogens is 2. The van der Waals surface area contributed by atoms with Gasteiger partial charge in [0.05, 0.1) is 11.9 Å². The van der Waals surface area contributed by atoms with E-state index in [1.807, 2.05) is 0 Å². The van der Waals surface area contributed by atoms with E-state index in [0.717, 1.165) is 19.1 Å². The number of rotatable bonds is 3. The Morgan fingerprint density at radius 2 is 2.14 bits per heavy atom. The minimum absolute atomic E-state index is 0.349. The number of nitrogens with zero attached hydrogens (tertiary/aromatic N) is 1. The molecule has 1 unspecified atom stereocenters.